The summed E-state index contributed by atoms with van der Waals surface area (Å²) in [6, 6.07) is 0. The molecule has 0 spiro atoms. The van der Waals surface area contributed by atoms with Gasteiger partial charge >= 0.3 is 0 Å². The van der Waals surface area contributed by atoms with E-state index in [0.717, 1.165) is 32.8 Å². The lowest BCUT2D eigenvalue weighted by atomic mass is 10.3. The standard InChI is InChI=1S/C13H28N2O/c1-6-7-14-10-13(4)11-15(5)8-9-16-12(2)3/h12,14H,4,6-11H2,1-3,5H3. The maximum Gasteiger partial charge on any atom is 0.0596 e. The third kappa shape index (κ3) is 10.1. The molecular formula is C13H28N2O. The average molecular weight is 228 g/mol. The summed E-state index contributed by atoms with van der Waals surface area (Å²) in [6.45, 7) is 15.1. The van der Waals surface area contributed by atoms with Crippen LogP contribution in [0.15, 0.2) is 12.2 Å². The molecule has 0 saturated carbocycles. The Balaban J connectivity index is 3.46. The van der Waals surface area contributed by atoms with Crippen molar-refractivity contribution in [2.45, 2.75) is 33.3 Å². The van der Waals surface area contributed by atoms with E-state index in [4.69, 9.17) is 4.74 Å². The Bertz CT molecular complexity index is 181. The van der Waals surface area contributed by atoms with Gasteiger partial charge in [0.1, 0.15) is 0 Å². The lowest BCUT2D eigenvalue weighted by Gasteiger charge is -2.19. The van der Waals surface area contributed by atoms with E-state index in [9.17, 15) is 0 Å². The van der Waals surface area contributed by atoms with E-state index in [2.05, 4.69) is 44.6 Å². The van der Waals surface area contributed by atoms with Crippen LogP contribution in [0.3, 0.4) is 0 Å². The average Bonchev–Trinajstić information content (AvgIpc) is 2.17. The third-order valence-corrected chi connectivity index (χ3v) is 2.22. The molecule has 0 aromatic carbocycles. The first-order valence-corrected chi connectivity index (χ1v) is 6.23. The molecule has 96 valence electrons. The molecule has 3 nitrogen and oxygen atoms in total. The molecule has 0 bridgehead atoms. The van der Waals surface area contributed by atoms with Crippen LogP contribution in [-0.2, 0) is 4.74 Å². The summed E-state index contributed by atoms with van der Waals surface area (Å²) in [5.74, 6) is 0. The number of ether oxygens (including phenoxy) is 1. The van der Waals surface area contributed by atoms with Gasteiger partial charge in [-0.3, -0.25) is 0 Å². The second-order valence-corrected chi connectivity index (χ2v) is 4.58. The van der Waals surface area contributed by atoms with Gasteiger partial charge in [-0.25, -0.2) is 0 Å². The Morgan fingerprint density at radius 2 is 2.12 bits per heavy atom. The molecule has 0 amide bonds. The minimum atomic E-state index is 0.322. The molecule has 0 rings (SSSR count). The van der Waals surface area contributed by atoms with Crippen molar-refractivity contribution in [1.29, 1.82) is 0 Å². The zero-order chi connectivity index (χ0) is 12.4. The van der Waals surface area contributed by atoms with Crippen LogP contribution in [0.2, 0.25) is 0 Å². The normalized spacial score (nSPS) is 11.4. The molecule has 0 aliphatic rings. The molecule has 0 unspecified atom stereocenters. The first kappa shape index (κ1) is 15.6. The minimum absolute atomic E-state index is 0.322. The number of rotatable bonds is 10. The van der Waals surface area contributed by atoms with Gasteiger partial charge in [0.2, 0.25) is 0 Å². The summed E-state index contributed by atoms with van der Waals surface area (Å²) in [5, 5.41) is 3.36. The smallest absolute Gasteiger partial charge is 0.0596 e. The van der Waals surface area contributed by atoms with Gasteiger partial charge in [0.05, 0.1) is 12.7 Å². The molecule has 0 fully saturated rings. The van der Waals surface area contributed by atoms with Gasteiger partial charge in [0.15, 0.2) is 0 Å². The largest absolute Gasteiger partial charge is 0.377 e. The molecule has 0 saturated heterocycles. The highest BCUT2D eigenvalue weighted by atomic mass is 16.5. The summed E-state index contributed by atoms with van der Waals surface area (Å²) in [6.07, 6.45) is 1.49. The first-order chi connectivity index (χ1) is 7.56. The van der Waals surface area contributed by atoms with Crippen molar-refractivity contribution in [3.8, 4) is 0 Å². The predicted molar refractivity (Wildman–Crippen MR) is 70.9 cm³/mol. The Labute approximate surface area is 101 Å². The van der Waals surface area contributed by atoms with Gasteiger partial charge in [0.25, 0.3) is 0 Å². The lowest BCUT2D eigenvalue weighted by molar-refractivity contribution is 0.0653. The molecule has 0 aromatic heterocycles. The van der Waals surface area contributed by atoms with E-state index in [-0.39, 0.29) is 0 Å². The van der Waals surface area contributed by atoms with E-state index in [1.165, 1.54) is 12.0 Å². The fourth-order valence-corrected chi connectivity index (χ4v) is 1.40. The van der Waals surface area contributed by atoms with E-state index in [0.29, 0.717) is 6.10 Å². The second-order valence-electron chi connectivity index (χ2n) is 4.58. The van der Waals surface area contributed by atoms with E-state index in [1.54, 1.807) is 0 Å². The van der Waals surface area contributed by atoms with E-state index < -0.39 is 0 Å². The molecule has 16 heavy (non-hydrogen) atoms. The number of likely N-dealkylation sites (N-methyl/N-ethyl adjacent to an activating group) is 1. The summed E-state index contributed by atoms with van der Waals surface area (Å²) >= 11 is 0. The summed E-state index contributed by atoms with van der Waals surface area (Å²) in [5.41, 5.74) is 1.24. The summed E-state index contributed by atoms with van der Waals surface area (Å²) < 4.78 is 5.51. The van der Waals surface area contributed by atoms with Crippen molar-refractivity contribution >= 4 is 0 Å². The van der Waals surface area contributed by atoms with Crippen molar-refractivity contribution in [1.82, 2.24) is 10.2 Å². The molecule has 0 aromatic rings. The maximum atomic E-state index is 5.51. The Morgan fingerprint density at radius 3 is 2.69 bits per heavy atom. The molecule has 3 heteroatoms. The number of hydrogen-bond acceptors (Lipinski definition) is 3. The Kier molecular flexibility index (Phi) is 9.59. The predicted octanol–water partition coefficient (Wildman–Crippen LogP) is 1.90. The molecule has 0 radical (unpaired) electrons. The lowest BCUT2D eigenvalue weighted by Crippen LogP contribution is -2.29. The highest BCUT2D eigenvalue weighted by molar-refractivity contribution is 4.99. The minimum Gasteiger partial charge on any atom is -0.377 e. The van der Waals surface area contributed by atoms with Crippen molar-refractivity contribution < 1.29 is 4.74 Å². The molecule has 1 N–H and O–H groups in total. The van der Waals surface area contributed by atoms with E-state index >= 15 is 0 Å². The van der Waals surface area contributed by atoms with Gasteiger partial charge in [0, 0.05) is 19.6 Å². The van der Waals surface area contributed by atoms with Crippen molar-refractivity contribution in [3.63, 3.8) is 0 Å². The van der Waals surface area contributed by atoms with Crippen molar-refractivity contribution in [2.75, 3.05) is 39.8 Å². The van der Waals surface area contributed by atoms with Crippen LogP contribution in [-0.4, -0.2) is 50.8 Å². The van der Waals surface area contributed by atoms with Gasteiger partial charge in [-0.05, 0) is 39.4 Å². The van der Waals surface area contributed by atoms with Crippen molar-refractivity contribution in [3.05, 3.63) is 12.2 Å². The fraction of sp³-hybridized carbons (Fsp3) is 0.846. The van der Waals surface area contributed by atoms with E-state index in [1.807, 2.05) is 0 Å². The zero-order valence-corrected chi connectivity index (χ0v) is 11.4. The molecule has 0 aliphatic carbocycles. The Morgan fingerprint density at radius 1 is 1.44 bits per heavy atom. The highest BCUT2D eigenvalue weighted by Crippen LogP contribution is 1.94. The van der Waals surface area contributed by atoms with Gasteiger partial charge in [-0.15, -0.1) is 0 Å². The van der Waals surface area contributed by atoms with Crippen LogP contribution in [0.1, 0.15) is 27.2 Å². The topological polar surface area (TPSA) is 24.5 Å². The molecule has 0 heterocycles. The van der Waals surface area contributed by atoms with Crippen LogP contribution in [0, 0.1) is 0 Å². The summed E-state index contributed by atoms with van der Waals surface area (Å²) in [4.78, 5) is 2.25. The third-order valence-electron chi connectivity index (χ3n) is 2.22. The number of nitrogens with zero attached hydrogens (tertiary/aromatic N) is 1. The Hall–Kier alpha value is -0.380. The van der Waals surface area contributed by atoms with Crippen LogP contribution in [0.4, 0.5) is 0 Å². The van der Waals surface area contributed by atoms with Crippen molar-refractivity contribution in [2.24, 2.45) is 0 Å². The highest BCUT2D eigenvalue weighted by Gasteiger charge is 2.01. The molecule has 0 atom stereocenters. The van der Waals surface area contributed by atoms with Crippen LogP contribution in [0.25, 0.3) is 0 Å². The van der Waals surface area contributed by atoms with Crippen LogP contribution < -0.4 is 5.32 Å². The summed E-state index contributed by atoms with van der Waals surface area (Å²) in [7, 11) is 2.11. The van der Waals surface area contributed by atoms with Crippen LogP contribution >= 0.6 is 0 Å². The second kappa shape index (κ2) is 9.82. The van der Waals surface area contributed by atoms with Crippen LogP contribution in [0.5, 0.6) is 0 Å². The van der Waals surface area contributed by atoms with Gasteiger partial charge in [-0.1, -0.05) is 13.5 Å². The quantitative estimate of drug-likeness (QED) is 0.456. The van der Waals surface area contributed by atoms with Gasteiger partial charge in [-0.2, -0.15) is 0 Å². The number of hydrogen-bond donors (Lipinski definition) is 1. The monoisotopic (exact) mass is 228 g/mol. The molecule has 0 aliphatic heterocycles. The number of nitrogens with one attached hydrogen (secondary N) is 1. The SMILES string of the molecule is C=C(CNCCC)CN(C)CCOC(C)C. The molecular weight excluding hydrogens is 200 g/mol. The first-order valence-electron chi connectivity index (χ1n) is 6.23. The zero-order valence-electron chi connectivity index (χ0n) is 11.4. The maximum absolute atomic E-state index is 5.51. The van der Waals surface area contributed by atoms with Gasteiger partial charge < -0.3 is 15.0 Å². The fourth-order valence-electron chi connectivity index (χ4n) is 1.40.